The van der Waals surface area contributed by atoms with Crippen molar-refractivity contribution in [1.29, 1.82) is 0 Å². The number of hydrogen-bond donors (Lipinski definition) is 1. The van der Waals surface area contributed by atoms with E-state index in [-0.39, 0.29) is 35.9 Å². The fourth-order valence-electron chi connectivity index (χ4n) is 4.71. The Hall–Kier alpha value is -2.03. The summed E-state index contributed by atoms with van der Waals surface area (Å²) in [5.41, 5.74) is 1.20. The number of hydrogen-bond acceptors (Lipinski definition) is 4. The van der Waals surface area contributed by atoms with Crippen LogP contribution in [0.25, 0.3) is 0 Å². The van der Waals surface area contributed by atoms with Gasteiger partial charge in [-0.2, -0.15) is 8.78 Å². The second-order valence-corrected chi connectivity index (χ2v) is 7.96. The SMILES string of the molecule is Cl.FC(F)COc1ccc(OC(F)F)cc1[C@@H]1CO[C@]2(CCCN[C@H]2c2ccccc2)C1. The van der Waals surface area contributed by atoms with Crippen molar-refractivity contribution in [2.75, 3.05) is 19.8 Å². The van der Waals surface area contributed by atoms with Gasteiger partial charge in [0.15, 0.2) is 0 Å². The molecule has 2 aromatic carbocycles. The normalized spacial score (nSPS) is 25.2. The third-order valence-corrected chi connectivity index (χ3v) is 5.96. The highest BCUT2D eigenvalue weighted by molar-refractivity contribution is 5.85. The summed E-state index contributed by atoms with van der Waals surface area (Å²) in [7, 11) is 0. The Balaban J connectivity index is 0.00000289. The minimum absolute atomic E-state index is 0. The van der Waals surface area contributed by atoms with Crippen molar-refractivity contribution in [3.8, 4) is 11.5 Å². The molecule has 0 aromatic heterocycles. The predicted octanol–water partition coefficient (Wildman–Crippen LogP) is 5.72. The molecule has 1 N–H and O–H groups in total. The van der Waals surface area contributed by atoms with E-state index in [1.165, 1.54) is 18.2 Å². The van der Waals surface area contributed by atoms with Crippen molar-refractivity contribution in [1.82, 2.24) is 5.32 Å². The summed E-state index contributed by atoms with van der Waals surface area (Å²) in [5.74, 6) is 0.0179. The highest BCUT2D eigenvalue weighted by Crippen LogP contribution is 2.50. The second kappa shape index (κ2) is 10.7. The van der Waals surface area contributed by atoms with Crippen molar-refractivity contribution in [2.45, 2.75) is 49.9 Å². The van der Waals surface area contributed by atoms with Gasteiger partial charge in [0.25, 0.3) is 6.43 Å². The molecule has 0 radical (unpaired) electrons. The molecule has 0 amide bonds. The van der Waals surface area contributed by atoms with Crippen molar-refractivity contribution in [3.63, 3.8) is 0 Å². The molecule has 2 fully saturated rings. The van der Waals surface area contributed by atoms with Gasteiger partial charge in [-0.05, 0) is 49.6 Å². The summed E-state index contributed by atoms with van der Waals surface area (Å²) < 4.78 is 67.1. The quantitative estimate of drug-likeness (QED) is 0.520. The lowest BCUT2D eigenvalue weighted by atomic mass is 9.77. The topological polar surface area (TPSA) is 39.7 Å². The van der Waals surface area contributed by atoms with E-state index in [1.54, 1.807) is 0 Å². The molecular weight excluding hydrogens is 450 g/mol. The number of piperidine rings is 1. The largest absolute Gasteiger partial charge is 0.487 e. The number of ether oxygens (including phenoxy) is 3. The summed E-state index contributed by atoms with van der Waals surface area (Å²) in [6.07, 6.45) is -0.237. The molecule has 0 bridgehead atoms. The molecule has 9 heteroatoms. The van der Waals surface area contributed by atoms with Gasteiger partial charge in [-0.1, -0.05) is 30.3 Å². The van der Waals surface area contributed by atoms with E-state index in [9.17, 15) is 17.6 Å². The summed E-state index contributed by atoms with van der Waals surface area (Å²) in [6.45, 7) is -2.53. The maximum atomic E-state index is 12.7. The lowest BCUT2D eigenvalue weighted by Crippen LogP contribution is -2.48. The Morgan fingerprint density at radius 3 is 2.59 bits per heavy atom. The third kappa shape index (κ3) is 5.47. The Morgan fingerprint density at radius 1 is 1.09 bits per heavy atom. The first-order chi connectivity index (χ1) is 15.0. The molecule has 1 spiro atoms. The summed E-state index contributed by atoms with van der Waals surface area (Å²) in [5, 5.41) is 3.55. The number of alkyl halides is 4. The van der Waals surface area contributed by atoms with Crippen molar-refractivity contribution in [2.24, 2.45) is 0 Å². The molecule has 2 aliphatic heterocycles. The Morgan fingerprint density at radius 2 is 1.88 bits per heavy atom. The molecule has 0 aliphatic carbocycles. The highest BCUT2D eigenvalue weighted by atomic mass is 35.5. The number of halogens is 5. The first-order valence-electron chi connectivity index (χ1n) is 10.4. The minimum Gasteiger partial charge on any atom is -0.487 e. The zero-order valence-corrected chi connectivity index (χ0v) is 18.1. The zero-order chi connectivity index (χ0) is 21.8. The van der Waals surface area contributed by atoms with E-state index in [0.29, 0.717) is 18.6 Å². The van der Waals surface area contributed by atoms with Gasteiger partial charge in [0, 0.05) is 11.5 Å². The fraction of sp³-hybridized carbons (Fsp3) is 0.478. The maximum Gasteiger partial charge on any atom is 0.387 e. The van der Waals surface area contributed by atoms with Crippen LogP contribution in [-0.4, -0.2) is 38.4 Å². The molecule has 2 heterocycles. The summed E-state index contributed by atoms with van der Waals surface area (Å²) >= 11 is 0. The lowest BCUT2D eigenvalue weighted by Gasteiger charge is -2.41. The highest BCUT2D eigenvalue weighted by Gasteiger charge is 2.49. The van der Waals surface area contributed by atoms with Gasteiger partial charge in [-0.3, -0.25) is 0 Å². The average molecular weight is 476 g/mol. The average Bonchev–Trinajstić information content (AvgIpc) is 3.17. The van der Waals surface area contributed by atoms with Crippen LogP contribution in [0.15, 0.2) is 48.5 Å². The van der Waals surface area contributed by atoms with Gasteiger partial charge in [-0.25, -0.2) is 8.78 Å². The lowest BCUT2D eigenvalue weighted by molar-refractivity contribution is -0.0499. The van der Waals surface area contributed by atoms with Crippen LogP contribution >= 0.6 is 12.4 Å². The minimum atomic E-state index is -2.98. The van der Waals surface area contributed by atoms with E-state index in [0.717, 1.165) is 24.9 Å². The van der Waals surface area contributed by atoms with E-state index in [4.69, 9.17) is 9.47 Å². The van der Waals surface area contributed by atoms with Crippen LogP contribution < -0.4 is 14.8 Å². The van der Waals surface area contributed by atoms with Crippen LogP contribution in [0.2, 0.25) is 0 Å². The van der Waals surface area contributed by atoms with Crippen molar-refractivity contribution >= 4 is 12.4 Å². The fourth-order valence-corrected chi connectivity index (χ4v) is 4.71. The van der Waals surface area contributed by atoms with Crippen LogP contribution in [0.4, 0.5) is 17.6 Å². The monoisotopic (exact) mass is 475 g/mol. The predicted molar refractivity (Wildman–Crippen MR) is 114 cm³/mol. The summed E-state index contributed by atoms with van der Waals surface area (Å²) in [6, 6.07) is 14.2. The van der Waals surface area contributed by atoms with Crippen LogP contribution in [0.5, 0.6) is 11.5 Å². The number of nitrogens with one attached hydrogen (secondary N) is 1. The first kappa shape index (κ1) is 24.6. The van der Waals surface area contributed by atoms with Crippen LogP contribution in [-0.2, 0) is 4.74 Å². The van der Waals surface area contributed by atoms with E-state index >= 15 is 0 Å². The molecule has 3 atom stereocenters. The van der Waals surface area contributed by atoms with E-state index in [1.807, 2.05) is 18.2 Å². The molecule has 0 unspecified atom stereocenters. The van der Waals surface area contributed by atoms with Gasteiger partial charge < -0.3 is 19.5 Å². The summed E-state index contributed by atoms with van der Waals surface area (Å²) in [4.78, 5) is 0. The van der Waals surface area contributed by atoms with E-state index < -0.39 is 25.2 Å². The standard InChI is InChI=1S/C23H25F4NO3.ClH/c24-20(25)14-29-19-8-7-17(31-22(26)27)11-18(19)16-12-23(30-13-16)9-4-10-28-21(23)15-5-2-1-3-6-15;/h1-3,5-8,11,16,20-22,28H,4,9-10,12-14H2;1H/t16-,21-,23+;/m0./s1. The van der Waals surface area contributed by atoms with Gasteiger partial charge in [0.2, 0.25) is 0 Å². The molecule has 2 aromatic rings. The molecule has 2 saturated heterocycles. The smallest absolute Gasteiger partial charge is 0.387 e. The molecule has 4 rings (SSSR count). The Kier molecular flexibility index (Phi) is 8.25. The molecule has 0 saturated carbocycles. The second-order valence-electron chi connectivity index (χ2n) is 7.96. The van der Waals surface area contributed by atoms with Gasteiger partial charge in [0.1, 0.15) is 18.1 Å². The van der Waals surface area contributed by atoms with Gasteiger partial charge in [0.05, 0.1) is 18.2 Å². The maximum absolute atomic E-state index is 12.7. The number of rotatable bonds is 7. The van der Waals surface area contributed by atoms with Gasteiger partial charge >= 0.3 is 6.61 Å². The molecular formula is C23H26ClF4NO3. The van der Waals surface area contributed by atoms with Crippen LogP contribution in [0.3, 0.4) is 0 Å². The van der Waals surface area contributed by atoms with Crippen molar-refractivity contribution in [3.05, 3.63) is 59.7 Å². The molecule has 176 valence electrons. The molecule has 32 heavy (non-hydrogen) atoms. The third-order valence-electron chi connectivity index (χ3n) is 5.96. The molecule has 4 nitrogen and oxygen atoms in total. The molecule has 2 aliphatic rings. The van der Waals surface area contributed by atoms with Crippen molar-refractivity contribution < 1.29 is 31.8 Å². The zero-order valence-electron chi connectivity index (χ0n) is 17.3. The Labute approximate surface area is 190 Å². The van der Waals surface area contributed by atoms with E-state index in [2.05, 4.69) is 22.2 Å². The van der Waals surface area contributed by atoms with Crippen LogP contribution in [0, 0.1) is 0 Å². The number of benzene rings is 2. The van der Waals surface area contributed by atoms with Crippen LogP contribution in [0.1, 0.15) is 42.3 Å². The Bertz CT molecular complexity index is 874. The van der Waals surface area contributed by atoms with Gasteiger partial charge in [-0.15, -0.1) is 12.4 Å². The first-order valence-corrected chi connectivity index (χ1v) is 10.4.